The molecule has 1 aliphatic rings. The van der Waals surface area contributed by atoms with Gasteiger partial charge in [-0.3, -0.25) is 9.69 Å². The first-order valence-electron chi connectivity index (χ1n) is 7.33. The molecule has 1 N–H and O–H groups in total. The van der Waals surface area contributed by atoms with E-state index >= 15 is 0 Å². The molecule has 1 aromatic carbocycles. The lowest BCUT2D eigenvalue weighted by molar-refractivity contribution is -0.137. The highest BCUT2D eigenvalue weighted by atomic mass is 16.5. The quantitative estimate of drug-likeness (QED) is 0.776. The van der Waals surface area contributed by atoms with Crippen LogP contribution in [0.15, 0.2) is 30.3 Å². The molecule has 0 amide bonds. The molecule has 20 heavy (non-hydrogen) atoms. The Kier molecular flexibility index (Phi) is 6.02. The van der Waals surface area contributed by atoms with Crippen LogP contribution in [0.1, 0.15) is 24.8 Å². The standard InChI is InChI=1S/C16H23NO3/c18-16(19)8-4-5-9-17-10-11-20-13-15(17)12-14-6-2-1-3-7-14/h1-3,6-7,15H,4-5,8-13H2,(H,18,19). The zero-order valence-electron chi connectivity index (χ0n) is 11.8. The smallest absolute Gasteiger partial charge is 0.303 e. The maximum atomic E-state index is 10.5. The van der Waals surface area contributed by atoms with Crippen LogP contribution < -0.4 is 0 Å². The Labute approximate surface area is 120 Å². The van der Waals surface area contributed by atoms with Gasteiger partial charge >= 0.3 is 5.97 Å². The lowest BCUT2D eigenvalue weighted by Gasteiger charge is -2.35. The lowest BCUT2D eigenvalue weighted by atomic mass is 10.0. The molecule has 1 aliphatic heterocycles. The largest absolute Gasteiger partial charge is 0.481 e. The zero-order chi connectivity index (χ0) is 14.2. The fourth-order valence-electron chi connectivity index (χ4n) is 2.65. The number of aliphatic carboxylic acids is 1. The third-order valence-corrected chi connectivity index (χ3v) is 3.75. The predicted molar refractivity (Wildman–Crippen MR) is 77.8 cm³/mol. The molecule has 4 nitrogen and oxygen atoms in total. The number of carbonyl (C=O) groups is 1. The fourth-order valence-corrected chi connectivity index (χ4v) is 2.65. The van der Waals surface area contributed by atoms with Gasteiger partial charge in [0.1, 0.15) is 0 Å². The molecule has 0 radical (unpaired) electrons. The van der Waals surface area contributed by atoms with E-state index in [4.69, 9.17) is 9.84 Å². The van der Waals surface area contributed by atoms with Crippen molar-refractivity contribution in [2.45, 2.75) is 31.7 Å². The zero-order valence-corrected chi connectivity index (χ0v) is 11.8. The number of ether oxygens (including phenoxy) is 1. The van der Waals surface area contributed by atoms with Gasteiger partial charge in [0.25, 0.3) is 0 Å². The normalized spacial score (nSPS) is 19.9. The van der Waals surface area contributed by atoms with Crippen LogP contribution >= 0.6 is 0 Å². The number of unbranched alkanes of at least 4 members (excludes halogenated alkanes) is 1. The van der Waals surface area contributed by atoms with Gasteiger partial charge in [0.15, 0.2) is 0 Å². The molecular formula is C16H23NO3. The molecular weight excluding hydrogens is 254 g/mol. The molecule has 0 aliphatic carbocycles. The Bertz CT molecular complexity index is 407. The van der Waals surface area contributed by atoms with Crippen LogP contribution in [0.4, 0.5) is 0 Å². The van der Waals surface area contributed by atoms with Gasteiger partial charge in [-0.1, -0.05) is 30.3 Å². The average molecular weight is 277 g/mol. The number of rotatable bonds is 7. The summed E-state index contributed by atoms with van der Waals surface area (Å²) in [5.74, 6) is -0.701. The van der Waals surface area contributed by atoms with Crippen LogP contribution in [-0.2, 0) is 16.0 Å². The van der Waals surface area contributed by atoms with Crippen molar-refractivity contribution in [3.05, 3.63) is 35.9 Å². The predicted octanol–water partition coefficient (Wildman–Crippen LogP) is 2.18. The topological polar surface area (TPSA) is 49.8 Å². The maximum Gasteiger partial charge on any atom is 0.303 e. The van der Waals surface area contributed by atoms with Crippen molar-refractivity contribution in [3.63, 3.8) is 0 Å². The highest BCUT2D eigenvalue weighted by Gasteiger charge is 2.22. The van der Waals surface area contributed by atoms with Crippen LogP contribution in [0.3, 0.4) is 0 Å². The second kappa shape index (κ2) is 8.02. The third-order valence-electron chi connectivity index (χ3n) is 3.75. The Morgan fingerprint density at radius 1 is 1.30 bits per heavy atom. The summed E-state index contributed by atoms with van der Waals surface area (Å²) in [5, 5.41) is 8.66. The Morgan fingerprint density at radius 3 is 2.85 bits per heavy atom. The minimum Gasteiger partial charge on any atom is -0.481 e. The van der Waals surface area contributed by atoms with E-state index in [2.05, 4.69) is 29.2 Å². The van der Waals surface area contributed by atoms with Crippen molar-refractivity contribution >= 4 is 5.97 Å². The summed E-state index contributed by atoms with van der Waals surface area (Å²) >= 11 is 0. The van der Waals surface area contributed by atoms with E-state index in [0.29, 0.717) is 6.04 Å². The van der Waals surface area contributed by atoms with E-state index in [1.54, 1.807) is 0 Å². The highest BCUT2D eigenvalue weighted by molar-refractivity contribution is 5.66. The molecule has 4 heteroatoms. The van der Waals surface area contributed by atoms with Gasteiger partial charge in [-0.25, -0.2) is 0 Å². The third kappa shape index (κ3) is 4.94. The molecule has 0 aromatic heterocycles. The molecule has 0 saturated carbocycles. The lowest BCUT2D eigenvalue weighted by Crippen LogP contribution is -2.46. The van der Waals surface area contributed by atoms with Crippen molar-refractivity contribution in [1.29, 1.82) is 0 Å². The van der Waals surface area contributed by atoms with Gasteiger partial charge in [0, 0.05) is 19.0 Å². The van der Waals surface area contributed by atoms with Crippen LogP contribution in [0.5, 0.6) is 0 Å². The van der Waals surface area contributed by atoms with Crippen molar-refractivity contribution in [3.8, 4) is 0 Å². The Hall–Kier alpha value is -1.39. The van der Waals surface area contributed by atoms with E-state index in [1.165, 1.54) is 5.56 Å². The Balaban J connectivity index is 1.80. The number of hydrogen-bond acceptors (Lipinski definition) is 3. The Morgan fingerprint density at radius 2 is 2.10 bits per heavy atom. The summed E-state index contributed by atoms with van der Waals surface area (Å²) in [4.78, 5) is 13.0. The van der Waals surface area contributed by atoms with Gasteiger partial charge < -0.3 is 9.84 Å². The maximum absolute atomic E-state index is 10.5. The van der Waals surface area contributed by atoms with Crippen molar-refractivity contribution in [2.24, 2.45) is 0 Å². The molecule has 1 saturated heterocycles. The first kappa shape index (κ1) is 15.0. The number of carboxylic acid groups (broad SMARTS) is 1. The molecule has 1 atom stereocenters. The van der Waals surface area contributed by atoms with Crippen molar-refractivity contribution in [2.75, 3.05) is 26.3 Å². The second-order valence-electron chi connectivity index (χ2n) is 5.31. The molecule has 1 unspecified atom stereocenters. The second-order valence-corrected chi connectivity index (χ2v) is 5.31. The van der Waals surface area contributed by atoms with Crippen molar-refractivity contribution in [1.82, 2.24) is 4.90 Å². The fraction of sp³-hybridized carbons (Fsp3) is 0.562. The molecule has 0 spiro atoms. The monoisotopic (exact) mass is 277 g/mol. The number of carboxylic acids is 1. The number of benzene rings is 1. The molecule has 0 bridgehead atoms. The van der Waals surface area contributed by atoms with Gasteiger partial charge in [-0.05, 0) is 31.4 Å². The van der Waals surface area contributed by atoms with E-state index in [0.717, 1.165) is 45.6 Å². The minimum absolute atomic E-state index is 0.272. The summed E-state index contributed by atoms with van der Waals surface area (Å²) in [7, 11) is 0. The summed E-state index contributed by atoms with van der Waals surface area (Å²) in [6.07, 6.45) is 2.97. The molecule has 1 fully saturated rings. The SMILES string of the molecule is O=C(O)CCCCN1CCOCC1Cc1ccccc1. The molecule has 1 heterocycles. The molecule has 110 valence electrons. The van der Waals surface area contributed by atoms with Crippen LogP contribution in [0, 0.1) is 0 Å². The average Bonchev–Trinajstić information content (AvgIpc) is 2.46. The summed E-state index contributed by atoms with van der Waals surface area (Å²) in [6, 6.07) is 10.9. The van der Waals surface area contributed by atoms with Gasteiger partial charge in [0.2, 0.25) is 0 Å². The number of nitrogens with zero attached hydrogens (tertiary/aromatic N) is 1. The summed E-state index contributed by atoms with van der Waals surface area (Å²) in [6.45, 7) is 3.47. The van der Waals surface area contributed by atoms with E-state index in [-0.39, 0.29) is 6.42 Å². The van der Waals surface area contributed by atoms with Crippen LogP contribution in [0.2, 0.25) is 0 Å². The summed E-state index contributed by atoms with van der Waals surface area (Å²) in [5.41, 5.74) is 1.33. The van der Waals surface area contributed by atoms with Crippen LogP contribution in [0.25, 0.3) is 0 Å². The molecule has 1 aromatic rings. The minimum atomic E-state index is -0.701. The first-order valence-corrected chi connectivity index (χ1v) is 7.33. The van der Waals surface area contributed by atoms with Gasteiger partial charge in [-0.2, -0.15) is 0 Å². The number of morpholine rings is 1. The van der Waals surface area contributed by atoms with E-state index < -0.39 is 5.97 Å². The highest BCUT2D eigenvalue weighted by Crippen LogP contribution is 2.14. The van der Waals surface area contributed by atoms with E-state index in [1.807, 2.05) is 6.07 Å². The van der Waals surface area contributed by atoms with Crippen LogP contribution in [-0.4, -0.2) is 48.3 Å². The van der Waals surface area contributed by atoms with Gasteiger partial charge in [-0.15, -0.1) is 0 Å². The first-order chi connectivity index (χ1) is 9.75. The summed E-state index contributed by atoms with van der Waals surface area (Å²) < 4.78 is 5.59. The van der Waals surface area contributed by atoms with Gasteiger partial charge in [0.05, 0.1) is 13.2 Å². The molecule has 2 rings (SSSR count). The number of hydrogen-bond donors (Lipinski definition) is 1. The van der Waals surface area contributed by atoms with E-state index in [9.17, 15) is 4.79 Å². The van der Waals surface area contributed by atoms with Crippen molar-refractivity contribution < 1.29 is 14.6 Å².